The second-order valence-electron chi connectivity index (χ2n) is 8.91. The van der Waals surface area contributed by atoms with E-state index >= 15 is 0 Å². The molecule has 0 aromatic heterocycles. The second-order valence-corrected chi connectivity index (χ2v) is 8.91. The molecule has 1 aliphatic rings. The van der Waals surface area contributed by atoms with Gasteiger partial charge in [-0.1, -0.05) is 42.5 Å². The van der Waals surface area contributed by atoms with Crippen molar-refractivity contribution in [2.24, 2.45) is 0 Å². The van der Waals surface area contributed by atoms with E-state index in [-0.39, 0.29) is 5.92 Å². The number of aryl methyl sites for hydroxylation is 2. The summed E-state index contributed by atoms with van der Waals surface area (Å²) >= 11 is 0. The Morgan fingerprint density at radius 2 is 1.82 bits per heavy atom. The van der Waals surface area contributed by atoms with Gasteiger partial charge in [-0.25, -0.2) is 8.78 Å². The van der Waals surface area contributed by atoms with E-state index in [0.717, 1.165) is 42.2 Å². The van der Waals surface area contributed by atoms with E-state index in [0.29, 0.717) is 25.1 Å². The van der Waals surface area contributed by atoms with Crippen LogP contribution in [0.15, 0.2) is 60.7 Å². The van der Waals surface area contributed by atoms with Gasteiger partial charge in [-0.15, -0.1) is 0 Å². The zero-order valence-corrected chi connectivity index (χ0v) is 19.2. The Morgan fingerprint density at radius 1 is 1.06 bits per heavy atom. The van der Waals surface area contributed by atoms with Crippen molar-refractivity contribution >= 4 is 0 Å². The topological polar surface area (TPSA) is 41.5 Å². The maximum absolute atomic E-state index is 14.0. The molecule has 5 heteroatoms. The standard InChI is InChI=1S/C28H31F2NO2/c1-19-14-21(26-8-4-3-6-20(26)7-5-13-33-2)9-10-25(19)27-18-31-12-11-28(27,32)22-15-23(29)17-24(30)16-22/h3-4,6,8-10,14-17,27,31-32H,5,7,11-13,18H2,1-2H3/t27-,28+/m1/s1. The van der Waals surface area contributed by atoms with Gasteiger partial charge in [0.1, 0.15) is 11.6 Å². The zero-order chi connectivity index (χ0) is 23.4. The highest BCUT2D eigenvalue weighted by atomic mass is 19.1. The van der Waals surface area contributed by atoms with Gasteiger partial charge in [0.05, 0.1) is 5.60 Å². The lowest BCUT2D eigenvalue weighted by molar-refractivity contribution is -0.0160. The molecule has 3 aromatic carbocycles. The normalized spacial score (nSPS) is 20.7. The van der Waals surface area contributed by atoms with Crippen LogP contribution in [0.5, 0.6) is 0 Å². The SMILES string of the molecule is COCCCc1ccccc1-c1ccc([C@H]2CNCC[C@]2(O)c2cc(F)cc(F)c2)c(C)c1. The van der Waals surface area contributed by atoms with Gasteiger partial charge >= 0.3 is 0 Å². The molecule has 0 radical (unpaired) electrons. The summed E-state index contributed by atoms with van der Waals surface area (Å²) in [5.74, 6) is -1.67. The third kappa shape index (κ3) is 5.01. The fourth-order valence-corrected chi connectivity index (χ4v) is 5.05. The van der Waals surface area contributed by atoms with E-state index < -0.39 is 17.2 Å². The van der Waals surface area contributed by atoms with Crippen LogP contribution >= 0.6 is 0 Å². The van der Waals surface area contributed by atoms with Gasteiger partial charge in [0, 0.05) is 32.2 Å². The maximum Gasteiger partial charge on any atom is 0.126 e. The minimum absolute atomic E-state index is 0.290. The number of nitrogens with one attached hydrogen (secondary N) is 1. The van der Waals surface area contributed by atoms with Crippen molar-refractivity contribution in [2.75, 3.05) is 26.8 Å². The van der Waals surface area contributed by atoms with Crippen LogP contribution in [-0.2, 0) is 16.8 Å². The molecule has 1 saturated heterocycles. The number of piperidine rings is 1. The molecule has 4 rings (SSSR count). The number of ether oxygens (including phenoxy) is 1. The Labute approximate surface area is 194 Å². The Kier molecular flexibility index (Phi) is 7.23. The molecule has 0 aliphatic carbocycles. The largest absolute Gasteiger partial charge is 0.385 e. The first kappa shape index (κ1) is 23.6. The summed E-state index contributed by atoms with van der Waals surface area (Å²) in [6.07, 6.45) is 2.27. The minimum atomic E-state index is -1.35. The molecule has 0 amide bonds. The summed E-state index contributed by atoms with van der Waals surface area (Å²) in [5.41, 5.74) is 4.55. The summed E-state index contributed by atoms with van der Waals surface area (Å²) in [4.78, 5) is 0. The molecule has 174 valence electrons. The van der Waals surface area contributed by atoms with Crippen molar-refractivity contribution < 1.29 is 18.6 Å². The monoisotopic (exact) mass is 451 g/mol. The number of rotatable bonds is 7. The van der Waals surface area contributed by atoms with Crippen molar-refractivity contribution in [3.63, 3.8) is 0 Å². The van der Waals surface area contributed by atoms with E-state index in [4.69, 9.17) is 4.74 Å². The smallest absolute Gasteiger partial charge is 0.126 e. The Bertz CT molecular complexity index is 1100. The number of methoxy groups -OCH3 is 1. The van der Waals surface area contributed by atoms with Crippen molar-refractivity contribution in [3.8, 4) is 11.1 Å². The number of hydrogen-bond acceptors (Lipinski definition) is 3. The molecular weight excluding hydrogens is 420 g/mol. The summed E-state index contributed by atoms with van der Waals surface area (Å²) in [5, 5.41) is 15.0. The first-order valence-corrected chi connectivity index (χ1v) is 11.5. The molecule has 0 spiro atoms. The van der Waals surface area contributed by atoms with Crippen molar-refractivity contribution in [1.29, 1.82) is 0 Å². The molecule has 1 heterocycles. The first-order valence-electron chi connectivity index (χ1n) is 11.5. The van der Waals surface area contributed by atoms with Crippen LogP contribution in [0.3, 0.4) is 0 Å². The highest BCUT2D eigenvalue weighted by molar-refractivity contribution is 5.69. The predicted molar refractivity (Wildman–Crippen MR) is 127 cm³/mol. The Morgan fingerprint density at radius 3 is 2.55 bits per heavy atom. The van der Waals surface area contributed by atoms with Crippen LogP contribution in [0.4, 0.5) is 8.78 Å². The molecule has 0 saturated carbocycles. The Balaban J connectivity index is 1.69. The summed E-state index contributed by atoms with van der Waals surface area (Å²) in [7, 11) is 1.72. The molecule has 2 atom stereocenters. The van der Waals surface area contributed by atoms with Crippen LogP contribution < -0.4 is 5.32 Å². The number of aliphatic hydroxyl groups is 1. The van der Waals surface area contributed by atoms with Gasteiger partial charge in [-0.2, -0.15) is 0 Å². The average Bonchev–Trinajstić information content (AvgIpc) is 2.79. The van der Waals surface area contributed by atoms with Crippen molar-refractivity contribution in [3.05, 3.63) is 94.6 Å². The second kappa shape index (κ2) is 10.1. The van der Waals surface area contributed by atoms with Gasteiger partial charge in [0.25, 0.3) is 0 Å². The van der Waals surface area contributed by atoms with Gasteiger partial charge in [-0.3, -0.25) is 0 Å². The number of benzene rings is 3. The van der Waals surface area contributed by atoms with Crippen molar-refractivity contribution in [2.45, 2.75) is 37.7 Å². The lowest BCUT2D eigenvalue weighted by Gasteiger charge is -2.42. The molecule has 1 aliphatic heterocycles. The van der Waals surface area contributed by atoms with Crippen LogP contribution in [0.2, 0.25) is 0 Å². The predicted octanol–water partition coefficient (Wildman–Crippen LogP) is 5.48. The maximum atomic E-state index is 14.0. The molecule has 1 fully saturated rings. The van der Waals surface area contributed by atoms with E-state index in [1.165, 1.54) is 23.3 Å². The lowest BCUT2D eigenvalue weighted by Crippen LogP contribution is -2.47. The van der Waals surface area contributed by atoms with Crippen LogP contribution in [0, 0.1) is 18.6 Å². The molecule has 0 bridgehead atoms. The minimum Gasteiger partial charge on any atom is -0.385 e. The molecule has 33 heavy (non-hydrogen) atoms. The van der Waals surface area contributed by atoms with Gasteiger partial charge in [0.15, 0.2) is 0 Å². The highest BCUT2D eigenvalue weighted by Crippen LogP contribution is 2.43. The average molecular weight is 452 g/mol. The third-order valence-corrected chi connectivity index (χ3v) is 6.74. The van der Waals surface area contributed by atoms with E-state index in [2.05, 4.69) is 41.7 Å². The summed E-state index contributed by atoms with van der Waals surface area (Å²) in [6.45, 7) is 3.87. The van der Waals surface area contributed by atoms with Gasteiger partial charge in [0.2, 0.25) is 0 Å². The van der Waals surface area contributed by atoms with E-state index in [9.17, 15) is 13.9 Å². The van der Waals surface area contributed by atoms with E-state index in [1.807, 2.05) is 13.0 Å². The molecule has 3 nitrogen and oxygen atoms in total. The highest BCUT2D eigenvalue weighted by Gasteiger charge is 2.42. The number of halogens is 2. The van der Waals surface area contributed by atoms with E-state index in [1.54, 1.807) is 7.11 Å². The quantitative estimate of drug-likeness (QED) is 0.467. The summed E-state index contributed by atoms with van der Waals surface area (Å²) < 4.78 is 33.2. The number of hydrogen-bond donors (Lipinski definition) is 2. The fraction of sp³-hybridized carbons (Fsp3) is 0.357. The zero-order valence-electron chi connectivity index (χ0n) is 19.2. The molecule has 0 unspecified atom stereocenters. The summed E-state index contributed by atoms with van der Waals surface area (Å²) in [6, 6.07) is 18.0. The van der Waals surface area contributed by atoms with Crippen LogP contribution in [0.25, 0.3) is 11.1 Å². The van der Waals surface area contributed by atoms with Crippen LogP contribution in [-0.4, -0.2) is 31.9 Å². The Hall–Kier alpha value is -2.60. The van der Waals surface area contributed by atoms with Crippen molar-refractivity contribution in [1.82, 2.24) is 5.32 Å². The van der Waals surface area contributed by atoms with Gasteiger partial charge in [-0.05, 0) is 78.2 Å². The third-order valence-electron chi connectivity index (χ3n) is 6.74. The molecule has 2 N–H and O–H groups in total. The van der Waals surface area contributed by atoms with Gasteiger partial charge < -0.3 is 15.2 Å². The lowest BCUT2D eigenvalue weighted by atomic mass is 9.72. The fourth-order valence-electron chi connectivity index (χ4n) is 5.05. The first-order chi connectivity index (χ1) is 15.9. The molecular formula is C28H31F2NO2. The van der Waals surface area contributed by atoms with Crippen LogP contribution in [0.1, 0.15) is 41.0 Å². The molecule has 3 aromatic rings.